The molecule has 13 heteroatoms. The standard InChI is InChI=1S/C35H35ClFN5O6/c1-22-33(40(2)35(44)42(22)28-8-5-4-7-25(28)36)34(43)39-23-9-10-30(26(37)19-23)48-29-11-12-38-27-21-32(31(45-3)20-24(27)29)47-16-6-13-41-14-17-46-18-15-41/h4-5,7-12,19-21H,6,13-18H2,1-3H3,(H,39,43). The number of aromatic nitrogens is 3. The number of hydrogen-bond donors (Lipinski definition) is 1. The van der Waals surface area contributed by atoms with Crippen molar-refractivity contribution in [2.45, 2.75) is 13.3 Å². The molecular formula is C35H35ClFN5O6. The highest BCUT2D eigenvalue weighted by Crippen LogP contribution is 2.38. The summed E-state index contributed by atoms with van der Waals surface area (Å²) >= 11 is 6.32. The van der Waals surface area contributed by atoms with Crippen LogP contribution in [0.25, 0.3) is 16.6 Å². The SMILES string of the molecule is COc1cc2c(Oc3ccc(NC(=O)c4c(C)n(-c5ccccc5Cl)c(=O)n4C)cc3F)ccnc2cc1OCCCN1CCOCC1. The number of fused-ring (bicyclic) bond motifs is 1. The molecule has 0 saturated carbocycles. The molecule has 6 rings (SSSR count). The molecule has 0 spiro atoms. The largest absolute Gasteiger partial charge is 0.493 e. The molecule has 5 aromatic rings. The van der Waals surface area contributed by atoms with E-state index < -0.39 is 17.4 Å². The Morgan fingerprint density at radius 3 is 2.58 bits per heavy atom. The van der Waals surface area contributed by atoms with Crippen molar-refractivity contribution in [2.24, 2.45) is 7.05 Å². The number of anilines is 1. The van der Waals surface area contributed by atoms with Gasteiger partial charge in [-0.15, -0.1) is 0 Å². The lowest BCUT2D eigenvalue weighted by molar-refractivity contribution is 0.0357. The predicted octanol–water partition coefficient (Wildman–Crippen LogP) is 5.98. The van der Waals surface area contributed by atoms with E-state index in [1.165, 1.54) is 28.3 Å². The van der Waals surface area contributed by atoms with Gasteiger partial charge in [-0.05, 0) is 49.7 Å². The smallest absolute Gasteiger partial charge is 0.333 e. The summed E-state index contributed by atoms with van der Waals surface area (Å²) in [5, 5.41) is 3.65. The Morgan fingerprint density at radius 1 is 1.04 bits per heavy atom. The first-order valence-corrected chi connectivity index (χ1v) is 15.8. The second-order valence-corrected chi connectivity index (χ2v) is 11.7. The third kappa shape index (κ3) is 6.86. The Kier molecular flexibility index (Phi) is 9.95. The fraction of sp³-hybridized carbons (Fsp3) is 0.286. The molecule has 0 aliphatic carbocycles. The van der Waals surface area contributed by atoms with Gasteiger partial charge in [0.15, 0.2) is 23.1 Å². The first kappa shape index (κ1) is 33.0. The maximum atomic E-state index is 15.4. The summed E-state index contributed by atoms with van der Waals surface area (Å²) in [6.07, 6.45) is 2.42. The second-order valence-electron chi connectivity index (χ2n) is 11.2. The van der Waals surface area contributed by atoms with Crippen LogP contribution in [-0.2, 0) is 11.8 Å². The van der Waals surface area contributed by atoms with Crippen LogP contribution in [0.15, 0.2) is 71.7 Å². The maximum Gasteiger partial charge on any atom is 0.333 e. The molecule has 11 nitrogen and oxygen atoms in total. The number of nitrogens with zero attached hydrogens (tertiary/aromatic N) is 4. The summed E-state index contributed by atoms with van der Waals surface area (Å²) in [6.45, 7) is 6.42. The lowest BCUT2D eigenvalue weighted by Crippen LogP contribution is -2.37. The van der Waals surface area contributed by atoms with Crippen molar-refractivity contribution in [3.63, 3.8) is 0 Å². The lowest BCUT2D eigenvalue weighted by atomic mass is 10.1. The van der Waals surface area contributed by atoms with Gasteiger partial charge in [-0.25, -0.2) is 9.18 Å². The molecule has 0 atom stereocenters. The average molecular weight is 676 g/mol. The Hall–Kier alpha value is -4.91. The fourth-order valence-corrected chi connectivity index (χ4v) is 5.95. The molecule has 3 aromatic carbocycles. The number of carbonyl (C=O) groups is 1. The molecule has 0 bridgehead atoms. The minimum atomic E-state index is -0.704. The number of hydrogen-bond acceptors (Lipinski definition) is 8. The monoisotopic (exact) mass is 675 g/mol. The maximum absolute atomic E-state index is 15.4. The average Bonchev–Trinajstić information content (AvgIpc) is 3.31. The van der Waals surface area contributed by atoms with Crippen molar-refractivity contribution < 1.29 is 28.1 Å². The van der Waals surface area contributed by atoms with Crippen LogP contribution in [0.2, 0.25) is 5.02 Å². The number of methoxy groups -OCH3 is 1. The second kappa shape index (κ2) is 14.5. The van der Waals surface area contributed by atoms with Crippen LogP contribution in [0.4, 0.5) is 10.1 Å². The number of para-hydroxylation sites is 1. The molecule has 1 fully saturated rings. The summed E-state index contributed by atoms with van der Waals surface area (Å²) in [6, 6.07) is 16.1. The van der Waals surface area contributed by atoms with E-state index in [0.717, 1.165) is 45.3 Å². The van der Waals surface area contributed by atoms with Gasteiger partial charge in [0.1, 0.15) is 11.4 Å². The summed E-state index contributed by atoms with van der Waals surface area (Å²) in [4.78, 5) is 33.2. The number of morpholine rings is 1. The number of ether oxygens (including phenoxy) is 4. The molecule has 48 heavy (non-hydrogen) atoms. The van der Waals surface area contributed by atoms with Crippen molar-refractivity contribution in [1.82, 2.24) is 19.0 Å². The Bertz CT molecular complexity index is 2020. The third-order valence-corrected chi connectivity index (χ3v) is 8.50. The lowest BCUT2D eigenvalue weighted by Gasteiger charge is -2.26. The zero-order chi connectivity index (χ0) is 33.8. The number of pyridine rings is 1. The van der Waals surface area contributed by atoms with Crippen molar-refractivity contribution in [3.05, 3.63) is 99.6 Å². The zero-order valence-electron chi connectivity index (χ0n) is 26.8. The van der Waals surface area contributed by atoms with Gasteiger partial charge >= 0.3 is 5.69 Å². The van der Waals surface area contributed by atoms with Crippen LogP contribution in [-0.4, -0.2) is 71.5 Å². The van der Waals surface area contributed by atoms with Crippen LogP contribution >= 0.6 is 11.6 Å². The Morgan fingerprint density at radius 2 is 1.83 bits per heavy atom. The van der Waals surface area contributed by atoms with Gasteiger partial charge in [-0.2, -0.15) is 0 Å². The number of carbonyl (C=O) groups excluding carboxylic acids is 1. The van der Waals surface area contributed by atoms with E-state index >= 15 is 4.39 Å². The topological polar surface area (TPSA) is 109 Å². The van der Waals surface area contributed by atoms with Gasteiger partial charge in [0, 0.05) is 56.1 Å². The molecule has 0 radical (unpaired) electrons. The van der Waals surface area contributed by atoms with Crippen molar-refractivity contribution in [1.29, 1.82) is 0 Å². The van der Waals surface area contributed by atoms with E-state index in [4.69, 9.17) is 30.5 Å². The van der Waals surface area contributed by atoms with E-state index in [0.29, 0.717) is 51.2 Å². The van der Waals surface area contributed by atoms with Gasteiger partial charge in [0.05, 0.1) is 48.9 Å². The molecule has 1 amide bonds. The van der Waals surface area contributed by atoms with Gasteiger partial charge in [0.2, 0.25) is 0 Å². The quantitative estimate of drug-likeness (QED) is 0.170. The zero-order valence-corrected chi connectivity index (χ0v) is 27.6. The molecule has 0 unspecified atom stereocenters. The van der Waals surface area contributed by atoms with Gasteiger partial charge in [-0.3, -0.25) is 23.8 Å². The molecule has 1 saturated heterocycles. The molecule has 1 aliphatic rings. The first-order valence-electron chi connectivity index (χ1n) is 15.5. The molecule has 1 aliphatic heterocycles. The van der Waals surface area contributed by atoms with E-state index in [-0.39, 0.29) is 17.1 Å². The fourth-order valence-electron chi connectivity index (χ4n) is 5.73. The van der Waals surface area contributed by atoms with Crippen molar-refractivity contribution in [3.8, 4) is 28.7 Å². The summed E-state index contributed by atoms with van der Waals surface area (Å²) in [5.74, 6) is 0.0634. The number of imidazole rings is 1. The van der Waals surface area contributed by atoms with E-state index in [9.17, 15) is 9.59 Å². The predicted molar refractivity (Wildman–Crippen MR) is 181 cm³/mol. The minimum Gasteiger partial charge on any atom is -0.493 e. The Balaban J connectivity index is 1.16. The van der Waals surface area contributed by atoms with E-state index in [2.05, 4.69) is 15.2 Å². The minimum absolute atomic E-state index is 0.0589. The molecule has 1 N–H and O–H groups in total. The van der Waals surface area contributed by atoms with E-state index in [1.807, 2.05) is 0 Å². The number of amides is 1. The van der Waals surface area contributed by atoms with Gasteiger partial charge < -0.3 is 24.3 Å². The Labute approximate surface area is 281 Å². The van der Waals surface area contributed by atoms with Crippen LogP contribution in [0, 0.1) is 12.7 Å². The summed E-state index contributed by atoms with van der Waals surface area (Å²) < 4.78 is 41.0. The van der Waals surface area contributed by atoms with Crippen LogP contribution in [0.3, 0.4) is 0 Å². The van der Waals surface area contributed by atoms with Crippen molar-refractivity contribution in [2.75, 3.05) is 51.9 Å². The van der Waals surface area contributed by atoms with Crippen LogP contribution < -0.4 is 25.2 Å². The van der Waals surface area contributed by atoms with Crippen LogP contribution in [0.5, 0.6) is 23.0 Å². The molecular weight excluding hydrogens is 641 g/mol. The number of rotatable bonds is 11. The highest BCUT2D eigenvalue weighted by Gasteiger charge is 2.23. The van der Waals surface area contributed by atoms with Gasteiger partial charge in [0.25, 0.3) is 5.91 Å². The summed E-state index contributed by atoms with van der Waals surface area (Å²) in [5.41, 5.74) is 1.27. The number of halogens is 2. The van der Waals surface area contributed by atoms with Gasteiger partial charge in [-0.1, -0.05) is 23.7 Å². The third-order valence-electron chi connectivity index (χ3n) is 8.18. The molecule has 2 aromatic heterocycles. The number of benzene rings is 3. The molecule has 250 valence electrons. The van der Waals surface area contributed by atoms with Crippen molar-refractivity contribution >= 4 is 34.1 Å². The first-order chi connectivity index (χ1) is 23.2. The normalized spacial score (nSPS) is 13.4. The highest BCUT2D eigenvalue weighted by atomic mass is 35.5. The number of nitrogens with one attached hydrogen (secondary N) is 1. The highest BCUT2D eigenvalue weighted by molar-refractivity contribution is 6.32. The van der Waals surface area contributed by atoms with Crippen LogP contribution in [0.1, 0.15) is 22.6 Å². The summed E-state index contributed by atoms with van der Waals surface area (Å²) in [7, 11) is 3.04. The molecule has 3 heterocycles. The van der Waals surface area contributed by atoms with E-state index in [1.54, 1.807) is 62.7 Å².